The number of thioether (sulfide) groups is 1. The molecular weight excluding hydrogens is 384 g/mol. The standard InChI is InChI=1S/C18H20N4O3S2/c23-17-20-21-18(22(17)13-11-15-7-3-1-4-8-15)26-14-12-19-27(24,25)16-9-5-2-6-10-16/h1-10,19H,11-14H2,(H,20,23). The van der Waals surface area contributed by atoms with E-state index < -0.39 is 10.0 Å². The van der Waals surface area contributed by atoms with Crippen molar-refractivity contribution in [2.45, 2.75) is 23.0 Å². The molecule has 7 nitrogen and oxygen atoms in total. The second-order valence-corrected chi connectivity index (χ2v) is 8.59. The van der Waals surface area contributed by atoms with Gasteiger partial charge in [0.1, 0.15) is 0 Å². The largest absolute Gasteiger partial charge is 0.343 e. The minimum atomic E-state index is -3.53. The Morgan fingerprint density at radius 1 is 1.04 bits per heavy atom. The van der Waals surface area contributed by atoms with Crippen LogP contribution in [0.4, 0.5) is 0 Å². The van der Waals surface area contributed by atoms with E-state index in [0.29, 0.717) is 23.9 Å². The van der Waals surface area contributed by atoms with E-state index in [1.54, 1.807) is 34.9 Å². The third-order valence-electron chi connectivity index (χ3n) is 3.87. The highest BCUT2D eigenvalue weighted by molar-refractivity contribution is 7.99. The monoisotopic (exact) mass is 404 g/mol. The molecule has 1 aromatic heterocycles. The Hall–Kier alpha value is -2.36. The van der Waals surface area contributed by atoms with E-state index in [-0.39, 0.29) is 17.1 Å². The molecule has 27 heavy (non-hydrogen) atoms. The Bertz CT molecular complexity index is 1020. The topological polar surface area (TPSA) is 96.8 Å². The van der Waals surface area contributed by atoms with Gasteiger partial charge in [-0.05, 0) is 24.1 Å². The molecule has 0 atom stereocenters. The molecule has 0 unspecified atom stereocenters. The number of hydrogen-bond donors (Lipinski definition) is 2. The van der Waals surface area contributed by atoms with Crippen molar-refractivity contribution in [2.24, 2.45) is 0 Å². The zero-order chi connectivity index (χ0) is 19.1. The van der Waals surface area contributed by atoms with Crippen LogP contribution in [0.1, 0.15) is 5.56 Å². The molecule has 2 aromatic carbocycles. The van der Waals surface area contributed by atoms with E-state index in [2.05, 4.69) is 14.9 Å². The van der Waals surface area contributed by atoms with Gasteiger partial charge < -0.3 is 0 Å². The lowest BCUT2D eigenvalue weighted by atomic mass is 10.1. The zero-order valence-electron chi connectivity index (χ0n) is 14.5. The van der Waals surface area contributed by atoms with Gasteiger partial charge in [0.05, 0.1) is 4.90 Å². The molecule has 3 rings (SSSR count). The second kappa shape index (κ2) is 9.03. The van der Waals surface area contributed by atoms with Gasteiger partial charge in [0.25, 0.3) is 0 Å². The fourth-order valence-electron chi connectivity index (χ4n) is 2.50. The van der Waals surface area contributed by atoms with E-state index >= 15 is 0 Å². The Labute approximate surface area is 161 Å². The highest BCUT2D eigenvalue weighted by Crippen LogP contribution is 2.14. The quantitative estimate of drug-likeness (QED) is 0.419. The van der Waals surface area contributed by atoms with E-state index in [1.165, 1.54) is 11.8 Å². The lowest BCUT2D eigenvalue weighted by Crippen LogP contribution is -2.26. The summed E-state index contributed by atoms with van der Waals surface area (Å²) in [5, 5.41) is 7.04. The SMILES string of the molecule is O=c1[nH]nc(SCCNS(=O)(=O)c2ccccc2)n1CCc1ccccc1. The van der Waals surface area contributed by atoms with Crippen molar-refractivity contribution in [1.29, 1.82) is 0 Å². The molecule has 0 aliphatic heterocycles. The van der Waals surface area contributed by atoms with E-state index in [4.69, 9.17) is 0 Å². The number of H-pyrrole nitrogens is 1. The summed E-state index contributed by atoms with van der Waals surface area (Å²) in [6, 6.07) is 18.1. The highest BCUT2D eigenvalue weighted by Gasteiger charge is 2.13. The van der Waals surface area contributed by atoms with Gasteiger partial charge in [-0.15, -0.1) is 5.10 Å². The first kappa shape index (κ1) is 19.4. The number of nitrogens with zero attached hydrogens (tertiary/aromatic N) is 2. The predicted molar refractivity (Wildman–Crippen MR) is 105 cm³/mol. The normalized spacial score (nSPS) is 11.6. The van der Waals surface area contributed by atoms with Gasteiger partial charge in [-0.3, -0.25) is 4.57 Å². The average molecular weight is 405 g/mol. The van der Waals surface area contributed by atoms with Gasteiger partial charge in [0.2, 0.25) is 10.0 Å². The Morgan fingerprint density at radius 3 is 2.41 bits per heavy atom. The minimum Gasteiger partial charge on any atom is -0.270 e. The van der Waals surface area contributed by atoms with Crippen molar-refractivity contribution in [2.75, 3.05) is 12.3 Å². The summed E-state index contributed by atoms with van der Waals surface area (Å²) in [6.07, 6.45) is 0.717. The number of benzene rings is 2. The van der Waals surface area contributed by atoms with Gasteiger partial charge in [-0.1, -0.05) is 60.3 Å². The maximum atomic E-state index is 12.2. The van der Waals surface area contributed by atoms with Crippen molar-refractivity contribution < 1.29 is 8.42 Å². The number of rotatable bonds is 9. The van der Waals surface area contributed by atoms with Gasteiger partial charge in [0, 0.05) is 18.8 Å². The molecule has 0 saturated carbocycles. The lowest BCUT2D eigenvalue weighted by Gasteiger charge is -2.07. The molecule has 0 aliphatic rings. The summed E-state index contributed by atoms with van der Waals surface area (Å²) < 4.78 is 28.5. The molecule has 2 N–H and O–H groups in total. The summed E-state index contributed by atoms with van der Waals surface area (Å²) >= 11 is 1.33. The van der Waals surface area contributed by atoms with Gasteiger partial charge >= 0.3 is 5.69 Å². The van der Waals surface area contributed by atoms with Crippen LogP contribution in [0, 0.1) is 0 Å². The smallest absolute Gasteiger partial charge is 0.270 e. The summed E-state index contributed by atoms with van der Waals surface area (Å²) in [7, 11) is -3.53. The molecule has 0 aliphatic carbocycles. The maximum absolute atomic E-state index is 12.2. The third-order valence-corrected chi connectivity index (χ3v) is 6.32. The molecule has 142 valence electrons. The van der Waals surface area contributed by atoms with Crippen LogP contribution in [0.25, 0.3) is 0 Å². The van der Waals surface area contributed by atoms with Crippen LogP contribution < -0.4 is 10.4 Å². The van der Waals surface area contributed by atoms with Crippen LogP contribution in [0.5, 0.6) is 0 Å². The molecule has 0 saturated heterocycles. The summed E-state index contributed by atoms with van der Waals surface area (Å²) in [6.45, 7) is 0.749. The first-order chi connectivity index (χ1) is 13.1. The maximum Gasteiger partial charge on any atom is 0.343 e. The zero-order valence-corrected chi connectivity index (χ0v) is 16.2. The molecule has 1 heterocycles. The molecule has 0 bridgehead atoms. The van der Waals surface area contributed by atoms with Crippen molar-refractivity contribution in [3.05, 3.63) is 76.7 Å². The van der Waals surface area contributed by atoms with Crippen LogP contribution >= 0.6 is 11.8 Å². The summed E-state index contributed by atoms with van der Waals surface area (Å²) in [4.78, 5) is 12.2. The molecule has 0 radical (unpaired) electrons. The number of nitrogens with one attached hydrogen (secondary N) is 2. The molecule has 3 aromatic rings. The fraction of sp³-hybridized carbons (Fsp3) is 0.222. The van der Waals surface area contributed by atoms with Crippen LogP contribution in [0.2, 0.25) is 0 Å². The van der Waals surface area contributed by atoms with Crippen molar-refractivity contribution >= 4 is 21.8 Å². The van der Waals surface area contributed by atoms with Gasteiger partial charge in [0.15, 0.2) is 5.16 Å². The Kier molecular flexibility index (Phi) is 6.49. The number of aromatic amines is 1. The van der Waals surface area contributed by atoms with E-state index in [0.717, 1.165) is 5.56 Å². The van der Waals surface area contributed by atoms with Crippen LogP contribution in [0.3, 0.4) is 0 Å². The van der Waals surface area contributed by atoms with Crippen molar-refractivity contribution in [1.82, 2.24) is 19.5 Å². The summed E-state index contributed by atoms with van der Waals surface area (Å²) in [5.41, 5.74) is 0.871. The van der Waals surface area contributed by atoms with E-state index in [1.807, 2.05) is 30.3 Å². The molecule has 0 amide bonds. The fourth-order valence-corrected chi connectivity index (χ4v) is 4.51. The van der Waals surface area contributed by atoms with E-state index in [9.17, 15) is 13.2 Å². The van der Waals surface area contributed by atoms with Crippen LogP contribution in [-0.4, -0.2) is 35.5 Å². The first-order valence-corrected chi connectivity index (χ1v) is 10.9. The summed E-state index contributed by atoms with van der Waals surface area (Å²) in [5.74, 6) is 0.460. The van der Waals surface area contributed by atoms with Gasteiger partial charge in [-0.2, -0.15) is 0 Å². The highest BCUT2D eigenvalue weighted by atomic mass is 32.2. The average Bonchev–Trinajstić information content (AvgIpc) is 3.05. The molecule has 0 fully saturated rings. The number of sulfonamides is 1. The molecular formula is C18H20N4O3S2. The molecule has 9 heteroatoms. The van der Waals surface area contributed by atoms with Crippen LogP contribution in [-0.2, 0) is 23.0 Å². The minimum absolute atomic E-state index is 0.231. The second-order valence-electron chi connectivity index (χ2n) is 5.76. The Morgan fingerprint density at radius 2 is 1.70 bits per heavy atom. The predicted octanol–water partition coefficient (Wildman–Crippen LogP) is 1.88. The number of hydrogen-bond acceptors (Lipinski definition) is 5. The van der Waals surface area contributed by atoms with Crippen molar-refractivity contribution in [3.63, 3.8) is 0 Å². The first-order valence-electron chi connectivity index (χ1n) is 8.43. The van der Waals surface area contributed by atoms with Gasteiger partial charge in [-0.25, -0.2) is 23.0 Å². The van der Waals surface area contributed by atoms with Crippen LogP contribution in [0.15, 0.2) is 75.5 Å². The number of aryl methyl sites for hydroxylation is 1. The third kappa shape index (κ3) is 5.31. The lowest BCUT2D eigenvalue weighted by molar-refractivity contribution is 0.584. The Balaban J connectivity index is 1.54. The number of aromatic nitrogens is 3. The van der Waals surface area contributed by atoms with Crippen molar-refractivity contribution in [3.8, 4) is 0 Å². The molecule has 0 spiro atoms.